The van der Waals surface area contributed by atoms with E-state index in [1.54, 1.807) is 42.2 Å². The molecule has 1 aliphatic heterocycles. The van der Waals surface area contributed by atoms with Crippen LogP contribution in [0.5, 0.6) is 0 Å². The van der Waals surface area contributed by atoms with E-state index < -0.39 is 15.4 Å². The van der Waals surface area contributed by atoms with Gasteiger partial charge in [-0.1, -0.05) is 0 Å². The summed E-state index contributed by atoms with van der Waals surface area (Å²) < 4.78 is 24.7. The number of hydrogen-bond acceptors (Lipinski definition) is 5. The fraction of sp³-hybridized carbons (Fsp3) is 0.357. The monoisotopic (exact) mass is 320 g/mol. The van der Waals surface area contributed by atoms with Crippen molar-refractivity contribution in [1.29, 1.82) is 0 Å². The lowest BCUT2D eigenvalue weighted by Gasteiger charge is -2.23. The lowest BCUT2D eigenvalue weighted by atomic mass is 10.0. The van der Waals surface area contributed by atoms with Crippen molar-refractivity contribution >= 4 is 15.7 Å². The van der Waals surface area contributed by atoms with Gasteiger partial charge in [0, 0.05) is 5.56 Å². The molecule has 1 amide bonds. The molecule has 1 fully saturated rings. The molecule has 1 aromatic heterocycles. The topological polar surface area (TPSA) is 93.9 Å². The van der Waals surface area contributed by atoms with Gasteiger partial charge in [-0.15, -0.1) is 0 Å². The van der Waals surface area contributed by atoms with E-state index in [-0.39, 0.29) is 17.4 Å². The first-order valence-corrected chi connectivity index (χ1v) is 8.67. The minimum absolute atomic E-state index is 0.0111. The number of aromatic nitrogens is 3. The van der Waals surface area contributed by atoms with E-state index in [4.69, 9.17) is 0 Å². The fourth-order valence-corrected chi connectivity index (χ4v) is 4.66. The second-order valence-corrected chi connectivity index (χ2v) is 7.93. The maximum absolute atomic E-state index is 12.3. The summed E-state index contributed by atoms with van der Waals surface area (Å²) in [5, 5.41) is 6.84. The normalized spacial score (nSPS) is 23.3. The number of benzene rings is 1. The van der Waals surface area contributed by atoms with Crippen molar-refractivity contribution in [2.24, 2.45) is 0 Å². The third-order valence-electron chi connectivity index (χ3n) is 3.73. The van der Waals surface area contributed by atoms with Crippen molar-refractivity contribution in [3.05, 3.63) is 42.5 Å². The maximum Gasteiger partial charge on any atom is 0.251 e. The highest BCUT2D eigenvalue weighted by atomic mass is 32.2. The zero-order chi connectivity index (χ0) is 15.8. The molecule has 2 heterocycles. The minimum atomic E-state index is -3.05. The van der Waals surface area contributed by atoms with Gasteiger partial charge >= 0.3 is 0 Å². The van der Waals surface area contributed by atoms with Gasteiger partial charge in [-0.25, -0.2) is 18.1 Å². The van der Waals surface area contributed by atoms with Crippen LogP contribution in [0.3, 0.4) is 0 Å². The Bertz CT molecular complexity index is 784. The van der Waals surface area contributed by atoms with E-state index in [0.29, 0.717) is 12.0 Å². The number of amides is 1. The van der Waals surface area contributed by atoms with Crippen LogP contribution in [0.25, 0.3) is 5.69 Å². The van der Waals surface area contributed by atoms with E-state index in [1.165, 1.54) is 6.33 Å². The highest BCUT2D eigenvalue weighted by Gasteiger charge is 2.39. The predicted octanol–water partition coefficient (Wildman–Crippen LogP) is 0.574. The Morgan fingerprint density at radius 1 is 1.32 bits per heavy atom. The van der Waals surface area contributed by atoms with E-state index in [9.17, 15) is 13.2 Å². The Kier molecular flexibility index (Phi) is 3.48. The first kappa shape index (κ1) is 14.7. The molecule has 0 spiro atoms. The number of rotatable bonds is 3. The molecular weight excluding hydrogens is 304 g/mol. The zero-order valence-electron chi connectivity index (χ0n) is 12.1. The predicted molar refractivity (Wildman–Crippen MR) is 80.5 cm³/mol. The van der Waals surface area contributed by atoms with Gasteiger partial charge in [0.05, 0.1) is 22.7 Å². The van der Waals surface area contributed by atoms with Crippen LogP contribution in [0.1, 0.15) is 23.7 Å². The average Bonchev–Trinajstić information content (AvgIpc) is 3.07. The fourth-order valence-electron chi connectivity index (χ4n) is 2.56. The van der Waals surface area contributed by atoms with Crippen molar-refractivity contribution in [1.82, 2.24) is 20.1 Å². The van der Waals surface area contributed by atoms with Crippen LogP contribution in [-0.4, -0.2) is 46.1 Å². The van der Waals surface area contributed by atoms with Crippen molar-refractivity contribution in [2.45, 2.75) is 18.9 Å². The Hall–Kier alpha value is -2.22. The molecule has 8 heteroatoms. The first-order valence-electron chi connectivity index (χ1n) is 6.85. The van der Waals surface area contributed by atoms with Crippen LogP contribution in [-0.2, 0) is 9.84 Å². The first-order chi connectivity index (χ1) is 10.4. The molecule has 116 valence electrons. The third-order valence-corrected chi connectivity index (χ3v) is 5.63. The van der Waals surface area contributed by atoms with Crippen LogP contribution in [0.4, 0.5) is 0 Å². The molecule has 22 heavy (non-hydrogen) atoms. The number of carbonyl (C=O) groups is 1. The van der Waals surface area contributed by atoms with Crippen molar-refractivity contribution in [2.75, 3.05) is 11.5 Å². The number of nitrogens with zero attached hydrogens (tertiary/aromatic N) is 3. The molecule has 0 radical (unpaired) electrons. The van der Waals surface area contributed by atoms with Gasteiger partial charge in [-0.2, -0.15) is 5.10 Å². The lowest BCUT2D eigenvalue weighted by molar-refractivity contribution is 0.0915. The lowest BCUT2D eigenvalue weighted by Crippen LogP contribution is -2.46. The average molecular weight is 320 g/mol. The van der Waals surface area contributed by atoms with Gasteiger partial charge in [0.1, 0.15) is 12.7 Å². The van der Waals surface area contributed by atoms with Gasteiger partial charge < -0.3 is 5.32 Å². The SMILES string of the molecule is CC1(NC(=O)c2ccc(-n3cncn3)cc2)CCS(=O)(=O)C1. The van der Waals surface area contributed by atoms with Gasteiger partial charge in [-0.05, 0) is 37.6 Å². The molecule has 1 unspecified atom stereocenters. The van der Waals surface area contributed by atoms with E-state index in [1.807, 2.05) is 0 Å². The van der Waals surface area contributed by atoms with Gasteiger partial charge in [0.2, 0.25) is 0 Å². The summed E-state index contributed by atoms with van der Waals surface area (Å²) in [4.78, 5) is 16.1. The Morgan fingerprint density at radius 2 is 2.05 bits per heavy atom. The third kappa shape index (κ3) is 3.01. The standard InChI is InChI=1S/C14H16N4O3S/c1-14(6-7-22(20,21)8-14)17-13(19)11-2-4-12(5-3-11)18-10-15-9-16-18/h2-5,9-10H,6-8H2,1H3,(H,17,19). The highest BCUT2D eigenvalue weighted by Crippen LogP contribution is 2.23. The summed E-state index contributed by atoms with van der Waals surface area (Å²) >= 11 is 0. The number of hydrogen-bond donors (Lipinski definition) is 1. The second kappa shape index (κ2) is 5.20. The highest BCUT2D eigenvalue weighted by molar-refractivity contribution is 7.91. The molecule has 1 aliphatic rings. The van der Waals surface area contributed by atoms with Gasteiger partial charge in [-0.3, -0.25) is 4.79 Å². The second-order valence-electron chi connectivity index (χ2n) is 5.74. The molecule has 1 N–H and O–H groups in total. The molecule has 3 rings (SSSR count). The Labute approximate surface area is 128 Å². The molecule has 1 saturated heterocycles. The summed E-state index contributed by atoms with van der Waals surface area (Å²) in [6, 6.07) is 6.88. The van der Waals surface area contributed by atoms with Gasteiger partial charge in [0.25, 0.3) is 5.91 Å². The largest absolute Gasteiger partial charge is 0.346 e. The summed E-state index contributed by atoms with van der Waals surface area (Å²) in [6.45, 7) is 1.76. The minimum Gasteiger partial charge on any atom is -0.346 e. The molecule has 0 bridgehead atoms. The molecule has 7 nitrogen and oxygen atoms in total. The zero-order valence-corrected chi connectivity index (χ0v) is 12.9. The Morgan fingerprint density at radius 3 is 2.59 bits per heavy atom. The molecule has 0 aliphatic carbocycles. The van der Waals surface area contributed by atoms with Crippen molar-refractivity contribution in [3.63, 3.8) is 0 Å². The van der Waals surface area contributed by atoms with E-state index in [2.05, 4.69) is 15.4 Å². The van der Waals surface area contributed by atoms with E-state index in [0.717, 1.165) is 5.69 Å². The number of sulfone groups is 1. The number of carbonyl (C=O) groups excluding carboxylic acids is 1. The van der Waals surface area contributed by atoms with Crippen LogP contribution >= 0.6 is 0 Å². The molecule has 1 atom stereocenters. The van der Waals surface area contributed by atoms with E-state index >= 15 is 0 Å². The van der Waals surface area contributed by atoms with Crippen LogP contribution in [0.2, 0.25) is 0 Å². The number of nitrogens with one attached hydrogen (secondary N) is 1. The van der Waals surface area contributed by atoms with Gasteiger partial charge in [0.15, 0.2) is 9.84 Å². The Balaban J connectivity index is 1.73. The van der Waals surface area contributed by atoms with Crippen LogP contribution in [0, 0.1) is 0 Å². The summed E-state index contributed by atoms with van der Waals surface area (Å²) in [5.74, 6) is -0.164. The van der Waals surface area contributed by atoms with Crippen molar-refractivity contribution < 1.29 is 13.2 Å². The van der Waals surface area contributed by atoms with Crippen LogP contribution < -0.4 is 5.32 Å². The van der Waals surface area contributed by atoms with Crippen molar-refractivity contribution in [3.8, 4) is 5.69 Å². The summed E-state index contributed by atoms with van der Waals surface area (Å²) in [7, 11) is -3.05. The summed E-state index contributed by atoms with van der Waals surface area (Å²) in [6.07, 6.45) is 3.44. The molecule has 0 saturated carbocycles. The molecular formula is C14H16N4O3S. The summed E-state index contributed by atoms with van der Waals surface area (Å²) in [5.41, 5.74) is 0.582. The maximum atomic E-state index is 12.3. The molecule has 1 aromatic carbocycles. The van der Waals surface area contributed by atoms with Crippen LogP contribution in [0.15, 0.2) is 36.9 Å². The smallest absolute Gasteiger partial charge is 0.251 e. The quantitative estimate of drug-likeness (QED) is 0.892. The molecule has 2 aromatic rings.